The van der Waals surface area contributed by atoms with E-state index in [2.05, 4.69) is 6.58 Å². The quantitative estimate of drug-likeness (QED) is 0.299. The largest absolute Gasteiger partial charge is 0.514 e. The molecule has 1 heterocycles. The maximum Gasteiger partial charge on any atom is 0.514 e. The number of ether oxygens (including phenoxy) is 3. The molecule has 1 aliphatic heterocycles. The normalized spacial score (nSPS) is 11.9. The summed E-state index contributed by atoms with van der Waals surface area (Å²) >= 11 is 0. The van der Waals surface area contributed by atoms with Crippen molar-refractivity contribution in [2.45, 2.75) is 0 Å². The molecule has 0 fully saturated rings. The highest BCUT2D eigenvalue weighted by atomic mass is 16.7. The second kappa shape index (κ2) is 9.59. The van der Waals surface area contributed by atoms with E-state index in [0.717, 1.165) is 5.56 Å². The van der Waals surface area contributed by atoms with E-state index in [1.807, 2.05) is 24.3 Å². The van der Waals surface area contributed by atoms with Crippen LogP contribution in [0.2, 0.25) is 0 Å². The van der Waals surface area contributed by atoms with Crippen molar-refractivity contribution in [3.63, 3.8) is 0 Å². The number of rotatable bonds is 5. The van der Waals surface area contributed by atoms with Crippen molar-refractivity contribution in [1.82, 2.24) is 0 Å². The number of fused-ring (bicyclic) bond motifs is 1. The molecule has 146 valence electrons. The van der Waals surface area contributed by atoms with Crippen LogP contribution in [0.1, 0.15) is 11.1 Å². The van der Waals surface area contributed by atoms with Crippen LogP contribution in [0.15, 0.2) is 84.7 Å². The Hall–Kier alpha value is -4.55. The molecular weight excluding hydrogens is 380 g/mol. The van der Waals surface area contributed by atoms with Crippen molar-refractivity contribution in [3.05, 3.63) is 95.8 Å². The minimum atomic E-state index is -0.803. The summed E-state index contributed by atoms with van der Waals surface area (Å²) in [5.41, 5.74) is 2.05. The van der Waals surface area contributed by atoms with Gasteiger partial charge in [-0.05, 0) is 35.9 Å². The summed E-state index contributed by atoms with van der Waals surface area (Å²) in [6, 6.07) is 17.9. The SMILES string of the molecule is C=CCOC(=O)Oc1ccc(/C=C/C2=CC(=C(C#N)C#N)c3ccccc3O2)cc1. The Morgan fingerprint density at radius 1 is 1.07 bits per heavy atom. The van der Waals surface area contributed by atoms with Gasteiger partial charge in [0, 0.05) is 11.1 Å². The number of nitriles is 2. The Balaban J connectivity index is 1.78. The zero-order valence-electron chi connectivity index (χ0n) is 15.9. The molecule has 2 aromatic rings. The first-order valence-corrected chi connectivity index (χ1v) is 8.91. The molecule has 0 aliphatic carbocycles. The number of nitrogens with zero attached hydrogens (tertiary/aromatic N) is 2. The summed E-state index contributed by atoms with van der Waals surface area (Å²) in [6.07, 6.45) is 5.84. The zero-order chi connectivity index (χ0) is 21.3. The monoisotopic (exact) mass is 396 g/mol. The van der Waals surface area contributed by atoms with Crippen molar-refractivity contribution < 1.29 is 19.0 Å². The van der Waals surface area contributed by atoms with Crippen LogP contribution in [-0.4, -0.2) is 12.8 Å². The van der Waals surface area contributed by atoms with Crippen LogP contribution in [0.25, 0.3) is 11.6 Å². The lowest BCUT2D eigenvalue weighted by Crippen LogP contribution is -2.10. The molecule has 0 amide bonds. The Morgan fingerprint density at radius 2 is 1.80 bits per heavy atom. The summed E-state index contributed by atoms with van der Waals surface area (Å²) in [7, 11) is 0. The molecule has 0 N–H and O–H groups in total. The fourth-order valence-corrected chi connectivity index (χ4v) is 2.67. The van der Waals surface area contributed by atoms with Gasteiger partial charge in [-0.15, -0.1) is 0 Å². The molecular formula is C24H16N2O4. The number of hydrogen-bond acceptors (Lipinski definition) is 6. The predicted molar refractivity (Wildman–Crippen MR) is 111 cm³/mol. The van der Waals surface area contributed by atoms with Gasteiger partial charge in [0.1, 0.15) is 41.6 Å². The molecule has 0 saturated carbocycles. The highest BCUT2D eigenvalue weighted by Gasteiger charge is 2.18. The van der Waals surface area contributed by atoms with Gasteiger partial charge in [0.05, 0.1) is 0 Å². The predicted octanol–water partition coefficient (Wildman–Crippen LogP) is 5.18. The average Bonchev–Trinajstić information content (AvgIpc) is 2.78. The molecule has 1 aliphatic rings. The fraction of sp³-hybridized carbons (Fsp3) is 0.0417. The number of allylic oxidation sites excluding steroid dienone is 4. The molecule has 6 heteroatoms. The van der Waals surface area contributed by atoms with Crippen molar-refractivity contribution in [3.8, 4) is 23.6 Å². The van der Waals surface area contributed by atoms with Crippen LogP contribution in [0.5, 0.6) is 11.5 Å². The van der Waals surface area contributed by atoms with E-state index in [9.17, 15) is 15.3 Å². The van der Waals surface area contributed by atoms with Crippen molar-refractivity contribution in [2.75, 3.05) is 6.61 Å². The second-order valence-electron chi connectivity index (χ2n) is 6.01. The molecule has 2 aromatic carbocycles. The van der Waals surface area contributed by atoms with Gasteiger partial charge in [0.15, 0.2) is 0 Å². The molecule has 0 spiro atoms. The first-order chi connectivity index (χ1) is 14.6. The minimum Gasteiger partial charge on any atom is -0.457 e. The minimum absolute atomic E-state index is 0.0153. The van der Waals surface area contributed by atoms with E-state index in [-0.39, 0.29) is 12.2 Å². The number of para-hydroxylation sites is 1. The highest BCUT2D eigenvalue weighted by molar-refractivity contribution is 5.87. The molecule has 0 atom stereocenters. The second-order valence-corrected chi connectivity index (χ2v) is 6.01. The van der Waals surface area contributed by atoms with Gasteiger partial charge in [-0.2, -0.15) is 10.5 Å². The molecule has 30 heavy (non-hydrogen) atoms. The molecule has 0 bridgehead atoms. The maximum absolute atomic E-state index is 11.4. The maximum atomic E-state index is 11.4. The summed E-state index contributed by atoms with van der Waals surface area (Å²) in [5.74, 6) is 1.40. The molecule has 0 aromatic heterocycles. The van der Waals surface area contributed by atoms with Gasteiger partial charge in [0.2, 0.25) is 0 Å². The molecule has 3 rings (SSSR count). The van der Waals surface area contributed by atoms with Crippen molar-refractivity contribution in [1.29, 1.82) is 10.5 Å². The van der Waals surface area contributed by atoms with E-state index >= 15 is 0 Å². The number of benzene rings is 2. The average molecular weight is 396 g/mol. The third kappa shape index (κ3) is 4.83. The molecule has 0 saturated heterocycles. The van der Waals surface area contributed by atoms with Crippen molar-refractivity contribution >= 4 is 17.8 Å². The van der Waals surface area contributed by atoms with Gasteiger partial charge in [0.25, 0.3) is 0 Å². The number of carbonyl (C=O) groups excluding carboxylic acids is 1. The third-order valence-corrected chi connectivity index (χ3v) is 4.02. The Bertz CT molecular complexity index is 1130. The lowest BCUT2D eigenvalue weighted by atomic mass is 9.97. The number of carbonyl (C=O) groups is 1. The van der Waals surface area contributed by atoms with E-state index in [1.54, 1.807) is 54.6 Å². The summed E-state index contributed by atoms with van der Waals surface area (Å²) in [6.45, 7) is 3.53. The standard InChI is InChI=1S/C24H16N2O4/c1-2-13-28-24(27)30-19-10-7-17(8-11-19)9-12-20-14-22(18(15-25)16-26)21-5-3-4-6-23(21)29-20/h2-12,14H,1,13H2/b12-9+. The summed E-state index contributed by atoms with van der Waals surface area (Å²) in [5, 5.41) is 18.5. The van der Waals surface area contributed by atoms with Crippen LogP contribution in [-0.2, 0) is 4.74 Å². The first-order valence-electron chi connectivity index (χ1n) is 8.91. The zero-order valence-corrected chi connectivity index (χ0v) is 15.9. The van der Waals surface area contributed by atoms with E-state index in [0.29, 0.717) is 28.4 Å². The molecule has 0 radical (unpaired) electrons. The topological polar surface area (TPSA) is 92.3 Å². The Morgan fingerprint density at radius 3 is 2.50 bits per heavy atom. The fourth-order valence-electron chi connectivity index (χ4n) is 2.67. The van der Waals surface area contributed by atoms with Crippen LogP contribution in [0, 0.1) is 22.7 Å². The smallest absolute Gasteiger partial charge is 0.457 e. The van der Waals surface area contributed by atoms with E-state index < -0.39 is 6.16 Å². The van der Waals surface area contributed by atoms with E-state index in [1.165, 1.54) is 6.08 Å². The summed E-state index contributed by atoms with van der Waals surface area (Å²) in [4.78, 5) is 11.4. The van der Waals surface area contributed by atoms with Gasteiger partial charge in [-0.25, -0.2) is 4.79 Å². The lowest BCUT2D eigenvalue weighted by molar-refractivity contribution is 0.109. The van der Waals surface area contributed by atoms with Gasteiger partial charge in [-0.1, -0.05) is 49.1 Å². The number of hydrogen-bond donors (Lipinski definition) is 0. The first kappa shape index (κ1) is 20.2. The molecule has 0 unspecified atom stereocenters. The van der Waals surface area contributed by atoms with Crippen LogP contribution < -0.4 is 9.47 Å². The van der Waals surface area contributed by atoms with Gasteiger partial charge in [-0.3, -0.25) is 0 Å². The van der Waals surface area contributed by atoms with Gasteiger partial charge >= 0.3 is 6.16 Å². The molecule has 6 nitrogen and oxygen atoms in total. The Labute approximate surface area is 173 Å². The Kier molecular flexibility index (Phi) is 6.45. The van der Waals surface area contributed by atoms with Crippen molar-refractivity contribution in [2.24, 2.45) is 0 Å². The van der Waals surface area contributed by atoms with Crippen LogP contribution >= 0.6 is 0 Å². The van der Waals surface area contributed by atoms with E-state index in [4.69, 9.17) is 14.2 Å². The van der Waals surface area contributed by atoms with Gasteiger partial charge < -0.3 is 14.2 Å². The van der Waals surface area contributed by atoms with Crippen LogP contribution in [0.4, 0.5) is 4.79 Å². The lowest BCUT2D eigenvalue weighted by Gasteiger charge is -2.18. The highest BCUT2D eigenvalue weighted by Crippen LogP contribution is 2.35. The van der Waals surface area contributed by atoms with Crippen LogP contribution in [0.3, 0.4) is 0 Å². The summed E-state index contributed by atoms with van der Waals surface area (Å²) < 4.78 is 15.7. The third-order valence-electron chi connectivity index (χ3n) is 4.02.